The highest BCUT2D eigenvalue weighted by Crippen LogP contribution is 2.28. The monoisotopic (exact) mass is 218 g/mol. The second-order valence-corrected chi connectivity index (χ2v) is 3.13. The minimum absolute atomic E-state index is 0.141. The second kappa shape index (κ2) is 4.33. The maximum atomic E-state index is 13.1. The summed E-state index contributed by atoms with van der Waals surface area (Å²) >= 11 is 0. The first-order valence-electron chi connectivity index (χ1n) is 4.21. The van der Waals surface area contributed by atoms with E-state index in [-0.39, 0.29) is 5.56 Å². The smallest absolute Gasteiger partial charge is 0.307 e. The molecule has 0 bridgehead atoms. The van der Waals surface area contributed by atoms with E-state index in [0.29, 0.717) is 5.56 Å². The van der Waals surface area contributed by atoms with Gasteiger partial charge in [0, 0.05) is 0 Å². The first-order valence-corrected chi connectivity index (χ1v) is 4.21. The molecule has 0 aliphatic rings. The first kappa shape index (κ1) is 11.6. The molecule has 0 fully saturated rings. The summed E-state index contributed by atoms with van der Waals surface area (Å²) < 4.78 is 38.0. The van der Waals surface area contributed by atoms with Gasteiger partial charge in [-0.05, 0) is 24.1 Å². The molecule has 0 heterocycles. The molecule has 0 aliphatic heterocycles. The highest BCUT2D eigenvalue weighted by Gasteiger charge is 2.21. The van der Waals surface area contributed by atoms with Crippen molar-refractivity contribution in [2.75, 3.05) is 0 Å². The molecule has 0 aliphatic carbocycles. The lowest BCUT2D eigenvalue weighted by Gasteiger charge is -2.11. The topological polar surface area (TPSA) is 37.3 Å². The van der Waals surface area contributed by atoms with Crippen molar-refractivity contribution in [1.29, 1.82) is 0 Å². The standard InChI is InChI=1S/C10H9F3O2/c1-5-2-3-7(11)9(10(12)13)6(5)4-8(14)15/h2-3,10H,4H2,1H3,(H,14,15). The Kier molecular flexibility index (Phi) is 3.34. The number of carboxylic acids is 1. The maximum absolute atomic E-state index is 13.1. The lowest BCUT2D eigenvalue weighted by atomic mass is 9.99. The van der Waals surface area contributed by atoms with Crippen LogP contribution < -0.4 is 0 Å². The van der Waals surface area contributed by atoms with E-state index < -0.39 is 30.2 Å². The van der Waals surface area contributed by atoms with Crippen LogP contribution in [0.1, 0.15) is 23.1 Å². The summed E-state index contributed by atoms with van der Waals surface area (Å²) in [4.78, 5) is 10.4. The van der Waals surface area contributed by atoms with Gasteiger partial charge in [0.25, 0.3) is 6.43 Å². The van der Waals surface area contributed by atoms with Crippen LogP contribution >= 0.6 is 0 Å². The van der Waals surface area contributed by atoms with E-state index in [1.54, 1.807) is 0 Å². The van der Waals surface area contributed by atoms with Crippen molar-refractivity contribution < 1.29 is 23.1 Å². The maximum Gasteiger partial charge on any atom is 0.307 e. The van der Waals surface area contributed by atoms with E-state index in [2.05, 4.69) is 0 Å². The largest absolute Gasteiger partial charge is 0.481 e. The second-order valence-electron chi connectivity index (χ2n) is 3.13. The minimum Gasteiger partial charge on any atom is -0.481 e. The lowest BCUT2D eigenvalue weighted by molar-refractivity contribution is -0.136. The Hall–Kier alpha value is -1.52. The normalized spacial score (nSPS) is 10.7. The van der Waals surface area contributed by atoms with Crippen LogP contribution in [0.15, 0.2) is 12.1 Å². The Bertz CT molecular complexity index is 388. The third kappa shape index (κ3) is 2.49. The van der Waals surface area contributed by atoms with E-state index in [1.165, 1.54) is 13.0 Å². The zero-order valence-electron chi connectivity index (χ0n) is 7.93. The zero-order chi connectivity index (χ0) is 11.6. The SMILES string of the molecule is Cc1ccc(F)c(C(F)F)c1CC(=O)O. The summed E-state index contributed by atoms with van der Waals surface area (Å²) in [7, 11) is 0. The number of halogens is 3. The molecule has 0 unspecified atom stereocenters. The predicted molar refractivity (Wildman–Crippen MR) is 47.4 cm³/mol. The van der Waals surface area contributed by atoms with Gasteiger partial charge in [0.1, 0.15) is 5.82 Å². The zero-order valence-corrected chi connectivity index (χ0v) is 7.93. The third-order valence-corrected chi connectivity index (χ3v) is 2.08. The molecule has 0 spiro atoms. The summed E-state index contributed by atoms with van der Waals surface area (Å²) in [6, 6.07) is 2.21. The number of hydrogen-bond acceptors (Lipinski definition) is 1. The fourth-order valence-corrected chi connectivity index (χ4v) is 1.37. The number of aliphatic carboxylic acids is 1. The van der Waals surface area contributed by atoms with E-state index in [1.807, 2.05) is 0 Å². The molecule has 1 N–H and O–H groups in total. The molecular formula is C10H9F3O2. The van der Waals surface area contributed by atoms with Crippen molar-refractivity contribution in [3.63, 3.8) is 0 Å². The molecule has 0 aromatic heterocycles. The third-order valence-electron chi connectivity index (χ3n) is 2.08. The Morgan fingerprint density at radius 3 is 2.53 bits per heavy atom. The number of carbonyl (C=O) groups is 1. The van der Waals surface area contributed by atoms with Gasteiger partial charge in [-0.2, -0.15) is 0 Å². The molecular weight excluding hydrogens is 209 g/mol. The fraction of sp³-hybridized carbons (Fsp3) is 0.300. The van der Waals surface area contributed by atoms with Crippen molar-refractivity contribution in [2.24, 2.45) is 0 Å². The van der Waals surface area contributed by atoms with E-state index >= 15 is 0 Å². The average molecular weight is 218 g/mol. The summed E-state index contributed by atoms with van der Waals surface area (Å²) in [5.41, 5.74) is -0.594. The van der Waals surface area contributed by atoms with Gasteiger partial charge in [-0.15, -0.1) is 0 Å². The Morgan fingerprint density at radius 1 is 1.47 bits per heavy atom. The van der Waals surface area contributed by atoms with Crippen LogP contribution in [0.5, 0.6) is 0 Å². The van der Waals surface area contributed by atoms with Gasteiger partial charge in [0.05, 0.1) is 12.0 Å². The molecule has 1 rings (SSSR count). The van der Waals surface area contributed by atoms with E-state index in [0.717, 1.165) is 6.07 Å². The van der Waals surface area contributed by atoms with Crippen LogP contribution in [-0.2, 0) is 11.2 Å². The summed E-state index contributed by atoms with van der Waals surface area (Å²) in [5, 5.41) is 8.52. The number of aryl methyl sites for hydroxylation is 1. The number of alkyl halides is 2. The molecule has 0 radical (unpaired) electrons. The fourth-order valence-electron chi connectivity index (χ4n) is 1.37. The Balaban J connectivity index is 3.31. The van der Waals surface area contributed by atoms with Crippen molar-refractivity contribution in [2.45, 2.75) is 19.8 Å². The number of carboxylic acid groups (broad SMARTS) is 1. The quantitative estimate of drug-likeness (QED) is 0.846. The van der Waals surface area contributed by atoms with Crippen LogP contribution in [0, 0.1) is 12.7 Å². The van der Waals surface area contributed by atoms with Gasteiger partial charge in [-0.25, -0.2) is 13.2 Å². The highest BCUT2D eigenvalue weighted by atomic mass is 19.3. The van der Waals surface area contributed by atoms with Crippen LogP contribution in [0.3, 0.4) is 0 Å². The molecule has 1 aromatic rings. The highest BCUT2D eigenvalue weighted by molar-refractivity contribution is 5.71. The van der Waals surface area contributed by atoms with Crippen molar-refractivity contribution in [3.8, 4) is 0 Å². The van der Waals surface area contributed by atoms with Crippen LogP contribution in [0.2, 0.25) is 0 Å². The van der Waals surface area contributed by atoms with Crippen LogP contribution in [0.25, 0.3) is 0 Å². The molecule has 5 heteroatoms. The molecule has 0 atom stereocenters. The van der Waals surface area contributed by atoms with Crippen molar-refractivity contribution in [3.05, 3.63) is 34.6 Å². The van der Waals surface area contributed by atoms with Crippen LogP contribution in [-0.4, -0.2) is 11.1 Å². The molecule has 15 heavy (non-hydrogen) atoms. The number of rotatable bonds is 3. The van der Waals surface area contributed by atoms with Crippen LogP contribution in [0.4, 0.5) is 13.2 Å². The van der Waals surface area contributed by atoms with E-state index in [4.69, 9.17) is 5.11 Å². The molecule has 1 aromatic carbocycles. The van der Waals surface area contributed by atoms with Crippen molar-refractivity contribution in [1.82, 2.24) is 0 Å². The van der Waals surface area contributed by atoms with Gasteiger partial charge in [0.2, 0.25) is 0 Å². The predicted octanol–water partition coefficient (Wildman–Crippen LogP) is 2.70. The lowest BCUT2D eigenvalue weighted by Crippen LogP contribution is -2.08. The summed E-state index contributed by atoms with van der Waals surface area (Å²) in [6.07, 6.45) is -3.59. The Labute approximate surface area is 84.3 Å². The summed E-state index contributed by atoms with van der Waals surface area (Å²) in [5.74, 6) is -2.32. The number of hydrogen-bond donors (Lipinski definition) is 1. The molecule has 2 nitrogen and oxygen atoms in total. The first-order chi connectivity index (χ1) is 6.93. The molecule has 82 valence electrons. The van der Waals surface area contributed by atoms with Gasteiger partial charge in [-0.1, -0.05) is 6.07 Å². The van der Waals surface area contributed by atoms with Gasteiger partial charge in [-0.3, -0.25) is 4.79 Å². The van der Waals surface area contributed by atoms with Gasteiger partial charge < -0.3 is 5.11 Å². The molecule has 0 amide bonds. The molecule has 0 saturated carbocycles. The average Bonchev–Trinajstić information content (AvgIpc) is 2.10. The van der Waals surface area contributed by atoms with E-state index in [9.17, 15) is 18.0 Å². The van der Waals surface area contributed by atoms with Gasteiger partial charge >= 0.3 is 5.97 Å². The molecule has 0 saturated heterocycles. The minimum atomic E-state index is -3.00. The van der Waals surface area contributed by atoms with Crippen molar-refractivity contribution >= 4 is 5.97 Å². The number of benzene rings is 1. The Morgan fingerprint density at radius 2 is 2.07 bits per heavy atom. The summed E-state index contributed by atoms with van der Waals surface area (Å²) in [6.45, 7) is 1.48. The van der Waals surface area contributed by atoms with Gasteiger partial charge in [0.15, 0.2) is 0 Å².